The Kier molecular flexibility index (Phi) is 5.37. The molecule has 0 unspecified atom stereocenters. The molecule has 2 heterocycles. The first-order valence-corrected chi connectivity index (χ1v) is 9.74. The number of hydrogen-bond acceptors (Lipinski definition) is 5. The van der Waals surface area contributed by atoms with Crippen LogP contribution in [0.2, 0.25) is 0 Å². The molecule has 7 nitrogen and oxygen atoms in total. The molecule has 0 saturated carbocycles. The maximum atomic E-state index is 12.7. The van der Waals surface area contributed by atoms with Gasteiger partial charge in [0, 0.05) is 22.5 Å². The molecule has 0 bridgehead atoms. The van der Waals surface area contributed by atoms with Gasteiger partial charge >= 0.3 is 0 Å². The van der Waals surface area contributed by atoms with Crippen molar-refractivity contribution in [2.24, 2.45) is 0 Å². The van der Waals surface area contributed by atoms with Crippen LogP contribution in [-0.2, 0) is 29.2 Å². The largest absolute Gasteiger partial charge is 0.372 e. The molecule has 1 aliphatic rings. The van der Waals surface area contributed by atoms with E-state index in [0.29, 0.717) is 41.6 Å². The Hall–Kier alpha value is -3.45. The van der Waals surface area contributed by atoms with E-state index in [1.54, 1.807) is 26.0 Å². The maximum Gasteiger partial charge on any atom is 0.255 e. The van der Waals surface area contributed by atoms with E-state index in [1.165, 1.54) is 0 Å². The van der Waals surface area contributed by atoms with E-state index in [0.717, 1.165) is 22.3 Å². The monoisotopic (exact) mass is 405 g/mol. The molecule has 30 heavy (non-hydrogen) atoms. The summed E-state index contributed by atoms with van der Waals surface area (Å²) < 4.78 is 10.5. The van der Waals surface area contributed by atoms with Gasteiger partial charge in [-0.1, -0.05) is 17.3 Å². The van der Waals surface area contributed by atoms with Gasteiger partial charge in [0.1, 0.15) is 5.76 Å². The van der Waals surface area contributed by atoms with Crippen LogP contribution in [0.1, 0.15) is 44.1 Å². The van der Waals surface area contributed by atoms with Crippen LogP contribution in [0.5, 0.6) is 0 Å². The highest BCUT2D eigenvalue weighted by molar-refractivity contribution is 6.05. The minimum absolute atomic E-state index is 0.161. The van der Waals surface area contributed by atoms with E-state index < -0.39 is 0 Å². The number of hydrogen-bond donors (Lipinski definition) is 2. The predicted octanol–water partition coefficient (Wildman–Crippen LogP) is 4.06. The van der Waals surface area contributed by atoms with E-state index in [9.17, 15) is 9.59 Å². The van der Waals surface area contributed by atoms with Gasteiger partial charge in [-0.25, -0.2) is 0 Å². The number of aryl methyl sites for hydroxylation is 3. The molecule has 0 atom stereocenters. The maximum absolute atomic E-state index is 12.7. The highest BCUT2D eigenvalue weighted by Crippen LogP contribution is 2.24. The van der Waals surface area contributed by atoms with Gasteiger partial charge in [-0.3, -0.25) is 9.59 Å². The van der Waals surface area contributed by atoms with Crippen LogP contribution < -0.4 is 10.6 Å². The van der Waals surface area contributed by atoms with Crippen molar-refractivity contribution in [3.05, 3.63) is 75.7 Å². The molecule has 0 fully saturated rings. The zero-order valence-corrected chi connectivity index (χ0v) is 17.2. The van der Waals surface area contributed by atoms with Crippen molar-refractivity contribution in [3.63, 3.8) is 0 Å². The molecular formula is C23H23N3O4. The van der Waals surface area contributed by atoms with Crippen molar-refractivity contribution in [3.8, 4) is 0 Å². The molecule has 7 heteroatoms. The number of carbonyl (C=O) groups excluding carboxylic acids is 2. The van der Waals surface area contributed by atoms with Crippen molar-refractivity contribution < 1.29 is 18.8 Å². The Morgan fingerprint density at radius 3 is 2.57 bits per heavy atom. The van der Waals surface area contributed by atoms with Gasteiger partial charge < -0.3 is 19.9 Å². The third-order valence-electron chi connectivity index (χ3n) is 5.27. The quantitative estimate of drug-likeness (QED) is 0.668. The van der Waals surface area contributed by atoms with Crippen molar-refractivity contribution in [1.29, 1.82) is 0 Å². The van der Waals surface area contributed by atoms with Crippen molar-refractivity contribution in [1.82, 2.24) is 5.16 Å². The molecule has 1 aromatic heterocycles. The standard InChI is InChI=1S/C23H23N3O4/c1-13-4-5-16(23(28)24-19-7-6-17-11-29-12-18(17)8-19)9-21(13)25-22(27)10-20-14(2)26-30-15(20)3/h4-9H,10-12H2,1-3H3,(H,24,28)(H,25,27). The molecule has 2 N–H and O–H groups in total. The van der Waals surface area contributed by atoms with Crippen LogP contribution in [0.15, 0.2) is 40.9 Å². The fourth-order valence-corrected chi connectivity index (χ4v) is 3.46. The van der Waals surface area contributed by atoms with E-state index in [1.807, 2.05) is 31.2 Å². The molecule has 0 aliphatic carbocycles. The number of ether oxygens (including phenoxy) is 1. The summed E-state index contributed by atoms with van der Waals surface area (Å²) in [6, 6.07) is 11.0. The molecule has 0 saturated heterocycles. The van der Waals surface area contributed by atoms with Crippen molar-refractivity contribution in [2.45, 2.75) is 40.4 Å². The Labute approximate surface area is 174 Å². The van der Waals surface area contributed by atoms with E-state index in [-0.39, 0.29) is 18.2 Å². The zero-order valence-electron chi connectivity index (χ0n) is 17.2. The first kappa shape index (κ1) is 19.8. The first-order valence-electron chi connectivity index (χ1n) is 9.74. The van der Waals surface area contributed by atoms with E-state index in [2.05, 4.69) is 15.8 Å². The number of aromatic nitrogens is 1. The molecular weight excluding hydrogens is 382 g/mol. The summed E-state index contributed by atoms with van der Waals surface area (Å²) in [7, 11) is 0. The fraction of sp³-hybridized carbons (Fsp3) is 0.261. The lowest BCUT2D eigenvalue weighted by atomic mass is 10.1. The molecule has 154 valence electrons. The molecule has 4 rings (SSSR count). The third-order valence-corrected chi connectivity index (χ3v) is 5.27. The number of nitrogens with zero attached hydrogens (tertiary/aromatic N) is 1. The summed E-state index contributed by atoms with van der Waals surface area (Å²) in [5.74, 6) is 0.200. The van der Waals surface area contributed by atoms with Gasteiger partial charge in [0.25, 0.3) is 5.91 Å². The number of rotatable bonds is 5. The average molecular weight is 405 g/mol. The van der Waals surface area contributed by atoms with Crippen LogP contribution in [0.3, 0.4) is 0 Å². The van der Waals surface area contributed by atoms with Gasteiger partial charge in [0.2, 0.25) is 5.91 Å². The van der Waals surface area contributed by atoms with Crippen LogP contribution in [0.4, 0.5) is 11.4 Å². The fourth-order valence-electron chi connectivity index (χ4n) is 3.46. The van der Waals surface area contributed by atoms with Gasteiger partial charge in [-0.2, -0.15) is 0 Å². The average Bonchev–Trinajstić information content (AvgIpc) is 3.31. The van der Waals surface area contributed by atoms with E-state index in [4.69, 9.17) is 9.26 Å². The summed E-state index contributed by atoms with van der Waals surface area (Å²) in [5.41, 5.74) is 6.36. The normalized spacial score (nSPS) is 12.5. The van der Waals surface area contributed by atoms with Crippen LogP contribution in [0.25, 0.3) is 0 Å². The molecule has 2 aromatic carbocycles. The predicted molar refractivity (Wildman–Crippen MR) is 112 cm³/mol. The van der Waals surface area contributed by atoms with Gasteiger partial charge in [-0.05, 0) is 61.7 Å². The summed E-state index contributed by atoms with van der Waals surface area (Å²) in [5, 5.41) is 9.68. The van der Waals surface area contributed by atoms with Crippen LogP contribution in [0, 0.1) is 20.8 Å². The molecule has 0 spiro atoms. The van der Waals surface area contributed by atoms with Crippen molar-refractivity contribution in [2.75, 3.05) is 10.6 Å². The summed E-state index contributed by atoms with van der Waals surface area (Å²) in [6.45, 7) is 6.64. The molecule has 3 aromatic rings. The Morgan fingerprint density at radius 2 is 1.80 bits per heavy atom. The second-order valence-electron chi connectivity index (χ2n) is 7.49. The SMILES string of the molecule is Cc1ccc(C(=O)Nc2ccc3c(c2)COC3)cc1NC(=O)Cc1c(C)noc1C. The number of amides is 2. The number of nitrogens with one attached hydrogen (secondary N) is 2. The van der Waals surface area contributed by atoms with E-state index >= 15 is 0 Å². The number of fused-ring (bicyclic) bond motifs is 1. The first-order chi connectivity index (χ1) is 14.4. The second-order valence-corrected chi connectivity index (χ2v) is 7.49. The summed E-state index contributed by atoms with van der Waals surface area (Å²) in [4.78, 5) is 25.3. The lowest BCUT2D eigenvalue weighted by Gasteiger charge is -2.12. The van der Waals surface area contributed by atoms with Crippen LogP contribution >= 0.6 is 0 Å². The minimum Gasteiger partial charge on any atom is -0.372 e. The minimum atomic E-state index is -0.241. The lowest BCUT2D eigenvalue weighted by molar-refractivity contribution is -0.115. The Morgan fingerprint density at radius 1 is 1.00 bits per heavy atom. The topological polar surface area (TPSA) is 93.5 Å². The number of anilines is 2. The van der Waals surface area contributed by atoms with Gasteiger partial charge in [0.15, 0.2) is 0 Å². The molecule has 0 radical (unpaired) electrons. The third kappa shape index (κ3) is 4.11. The highest BCUT2D eigenvalue weighted by atomic mass is 16.5. The number of carbonyl (C=O) groups is 2. The smallest absolute Gasteiger partial charge is 0.255 e. The zero-order chi connectivity index (χ0) is 21.3. The summed E-state index contributed by atoms with van der Waals surface area (Å²) in [6.07, 6.45) is 0.161. The lowest BCUT2D eigenvalue weighted by Crippen LogP contribution is -2.17. The van der Waals surface area contributed by atoms with Gasteiger partial charge in [-0.15, -0.1) is 0 Å². The highest BCUT2D eigenvalue weighted by Gasteiger charge is 2.16. The van der Waals surface area contributed by atoms with Crippen LogP contribution in [-0.4, -0.2) is 17.0 Å². The summed E-state index contributed by atoms with van der Waals surface area (Å²) >= 11 is 0. The van der Waals surface area contributed by atoms with Crippen molar-refractivity contribution >= 4 is 23.2 Å². The Bertz CT molecular complexity index is 1110. The number of benzene rings is 2. The second kappa shape index (κ2) is 8.12. The van der Waals surface area contributed by atoms with Gasteiger partial charge in [0.05, 0.1) is 25.3 Å². The molecule has 1 aliphatic heterocycles. The Balaban J connectivity index is 1.47. The molecule has 2 amide bonds.